The fraction of sp³-hybridized carbons (Fsp3) is 0.364. The molecule has 3 N–H and O–H groups in total. The maximum atomic E-state index is 14.3. The van der Waals surface area contributed by atoms with Crippen LogP contribution in [0.15, 0.2) is 82.9 Å². The van der Waals surface area contributed by atoms with Gasteiger partial charge in [0.1, 0.15) is 11.4 Å². The molecule has 0 bridgehead atoms. The second-order valence-electron chi connectivity index (χ2n) is 11.5. The largest absolute Gasteiger partial charge is 0.494 e. The number of esters is 1. The number of hydrogen-bond donors (Lipinski definition) is 3. The highest BCUT2D eigenvalue weighted by molar-refractivity contribution is 6.31. The van der Waals surface area contributed by atoms with Crippen LogP contribution in [-0.4, -0.2) is 47.2 Å². The quantitative estimate of drug-likeness (QED) is 0.0464. The lowest BCUT2D eigenvalue weighted by molar-refractivity contribution is -0.155. The number of rotatable bonds is 14. The zero-order valence-electron chi connectivity index (χ0n) is 25.9. The smallest absolute Gasteiger partial charge is 0.306 e. The number of hydrazine groups is 1. The van der Waals surface area contributed by atoms with E-state index in [1.54, 1.807) is 75.4 Å². The molecule has 0 saturated heterocycles. The molecule has 1 aliphatic heterocycles. The minimum Gasteiger partial charge on any atom is -0.494 e. The van der Waals surface area contributed by atoms with Gasteiger partial charge in [0.15, 0.2) is 11.6 Å². The molecule has 0 radical (unpaired) electrons. The molecule has 0 spiro atoms. The molecular weight excluding hydrogens is 612 g/mol. The maximum absolute atomic E-state index is 14.3. The van der Waals surface area contributed by atoms with Crippen LogP contribution < -0.4 is 15.6 Å². The molecule has 1 heterocycles. The van der Waals surface area contributed by atoms with Crippen molar-refractivity contribution in [2.24, 2.45) is 10.1 Å². The van der Waals surface area contributed by atoms with E-state index in [0.717, 1.165) is 5.56 Å². The Labute approximate surface area is 272 Å². The minimum absolute atomic E-state index is 0.0160. The van der Waals surface area contributed by atoms with E-state index in [4.69, 9.17) is 35.9 Å². The number of aliphatic imine (C=N–C) groups is 1. The zero-order valence-corrected chi connectivity index (χ0v) is 26.7. The van der Waals surface area contributed by atoms with Crippen LogP contribution in [0.5, 0.6) is 5.75 Å². The molecule has 0 saturated carbocycles. The van der Waals surface area contributed by atoms with Crippen LogP contribution in [0, 0.1) is 0 Å². The van der Waals surface area contributed by atoms with Gasteiger partial charge < -0.3 is 19.3 Å². The van der Waals surface area contributed by atoms with Crippen LogP contribution in [0.2, 0.25) is 5.02 Å². The van der Waals surface area contributed by atoms with Gasteiger partial charge in [0.25, 0.3) is 5.91 Å². The molecule has 0 aromatic heterocycles. The molecule has 242 valence electrons. The van der Waals surface area contributed by atoms with Crippen LogP contribution in [0.4, 0.5) is 5.69 Å². The van der Waals surface area contributed by atoms with Crippen molar-refractivity contribution in [3.8, 4) is 5.75 Å². The fourth-order valence-electron chi connectivity index (χ4n) is 4.85. The first kappa shape index (κ1) is 34.3. The van der Waals surface area contributed by atoms with E-state index in [9.17, 15) is 15.1 Å². The first-order valence-corrected chi connectivity index (χ1v) is 15.2. The highest BCUT2D eigenvalue weighted by Gasteiger charge is 2.54. The Morgan fingerprint density at radius 2 is 1.83 bits per heavy atom. The van der Waals surface area contributed by atoms with Gasteiger partial charge in [-0.05, 0) is 68.6 Å². The Balaban J connectivity index is 1.75. The van der Waals surface area contributed by atoms with E-state index in [1.165, 1.54) is 0 Å². The van der Waals surface area contributed by atoms with Crippen molar-refractivity contribution in [1.29, 1.82) is 0 Å². The lowest BCUT2D eigenvalue weighted by Gasteiger charge is -2.31. The van der Waals surface area contributed by atoms with Gasteiger partial charge in [-0.25, -0.2) is 10.4 Å². The number of aliphatic hydroxyl groups excluding tert-OH is 1. The van der Waals surface area contributed by atoms with Crippen molar-refractivity contribution in [1.82, 2.24) is 10.9 Å². The number of aliphatic hydroxyl groups is 1. The summed E-state index contributed by atoms with van der Waals surface area (Å²) in [5, 5.41) is 13.4. The van der Waals surface area contributed by atoms with E-state index >= 15 is 0 Å². The Kier molecular flexibility index (Phi) is 11.6. The summed E-state index contributed by atoms with van der Waals surface area (Å²) >= 11 is 6.31. The van der Waals surface area contributed by atoms with E-state index in [1.807, 2.05) is 18.2 Å². The number of carbonyl (C=O) groups is 2. The SMILES string of the molecule is CC(C)(C)OC(=O)CC[C@]1(C(=O)NNCc2ccccc2Cl)N=C(c2ccc(OCCCO)cc2)O[C@H]1c1ccccc1N=[N+]=[N-]. The average molecular weight is 649 g/mol. The lowest BCUT2D eigenvalue weighted by Crippen LogP contribution is -2.52. The highest BCUT2D eigenvalue weighted by atomic mass is 35.5. The summed E-state index contributed by atoms with van der Waals surface area (Å²) in [6, 6.07) is 20.9. The standard InChI is InChI=1S/C33H37ClN6O6/c1-32(2,3)46-28(42)17-18-33(31(43)39-36-21-23-9-4-6-11-26(23)34)29(25-10-5-7-12-27(25)38-40-35)45-30(37-33)22-13-15-24(16-14-22)44-20-8-19-41/h4-7,9-16,29,36,41H,8,17-21H2,1-3H3,(H,39,43)/t29-,33-/m0/s1. The normalized spacial score (nSPS) is 17.3. The summed E-state index contributed by atoms with van der Waals surface area (Å²) in [5.41, 5.74) is 14.5. The third kappa shape index (κ3) is 8.76. The molecule has 0 unspecified atom stereocenters. The molecule has 12 nitrogen and oxygen atoms in total. The van der Waals surface area contributed by atoms with Gasteiger partial charge in [0, 0.05) is 52.7 Å². The van der Waals surface area contributed by atoms with Gasteiger partial charge in [-0.3, -0.25) is 15.0 Å². The Bertz CT molecular complexity index is 1600. The van der Waals surface area contributed by atoms with Gasteiger partial charge in [-0.2, -0.15) is 0 Å². The number of amides is 1. The zero-order chi connectivity index (χ0) is 33.2. The molecular formula is C33H37ClN6O6. The molecule has 1 amide bonds. The topological polar surface area (TPSA) is 167 Å². The van der Waals surface area contributed by atoms with Crippen LogP contribution in [0.25, 0.3) is 10.4 Å². The lowest BCUT2D eigenvalue weighted by atomic mass is 9.83. The third-order valence-electron chi connectivity index (χ3n) is 6.97. The van der Waals surface area contributed by atoms with Crippen molar-refractivity contribution in [3.05, 3.63) is 105 Å². The number of halogens is 1. The van der Waals surface area contributed by atoms with Crippen LogP contribution in [0.1, 0.15) is 62.8 Å². The Hall–Kier alpha value is -4.61. The fourth-order valence-corrected chi connectivity index (χ4v) is 5.05. The van der Waals surface area contributed by atoms with Gasteiger partial charge in [0.2, 0.25) is 5.90 Å². The Morgan fingerprint density at radius 3 is 2.52 bits per heavy atom. The molecule has 4 rings (SSSR count). The number of azide groups is 1. The summed E-state index contributed by atoms with van der Waals surface area (Å²) in [7, 11) is 0. The van der Waals surface area contributed by atoms with Crippen LogP contribution >= 0.6 is 11.6 Å². The maximum Gasteiger partial charge on any atom is 0.306 e. The van der Waals surface area contributed by atoms with E-state index in [-0.39, 0.29) is 37.6 Å². The van der Waals surface area contributed by atoms with Crippen LogP contribution in [-0.2, 0) is 25.6 Å². The molecule has 13 heteroatoms. The molecule has 1 aliphatic rings. The predicted octanol–water partition coefficient (Wildman–Crippen LogP) is 6.24. The summed E-state index contributed by atoms with van der Waals surface area (Å²) in [6.07, 6.45) is -0.853. The first-order valence-electron chi connectivity index (χ1n) is 14.8. The summed E-state index contributed by atoms with van der Waals surface area (Å²) in [5.74, 6) is -0.367. The van der Waals surface area contributed by atoms with Crippen LogP contribution in [0.3, 0.4) is 0 Å². The molecule has 0 aliphatic carbocycles. The number of hydrogen-bond acceptors (Lipinski definition) is 9. The molecule has 3 aromatic carbocycles. The number of benzene rings is 3. The average Bonchev–Trinajstić information content (AvgIpc) is 3.42. The molecule has 2 atom stereocenters. The summed E-state index contributed by atoms with van der Waals surface area (Å²) < 4.78 is 17.7. The van der Waals surface area contributed by atoms with Gasteiger partial charge >= 0.3 is 5.97 Å². The van der Waals surface area contributed by atoms with Gasteiger partial charge in [0.05, 0.1) is 6.61 Å². The van der Waals surface area contributed by atoms with Gasteiger partial charge in [-0.1, -0.05) is 59.2 Å². The molecule has 3 aromatic rings. The number of ether oxygens (including phenoxy) is 3. The highest BCUT2D eigenvalue weighted by Crippen LogP contribution is 2.46. The van der Waals surface area contributed by atoms with E-state index < -0.39 is 29.1 Å². The number of nitrogens with one attached hydrogen (secondary N) is 2. The van der Waals surface area contributed by atoms with Crippen molar-refractivity contribution >= 4 is 35.1 Å². The minimum atomic E-state index is -1.70. The number of nitrogens with zero attached hydrogens (tertiary/aromatic N) is 4. The summed E-state index contributed by atoms with van der Waals surface area (Å²) in [6.45, 7) is 5.86. The number of carbonyl (C=O) groups excluding carboxylic acids is 2. The van der Waals surface area contributed by atoms with Crippen molar-refractivity contribution in [2.75, 3.05) is 13.2 Å². The van der Waals surface area contributed by atoms with Crippen molar-refractivity contribution < 1.29 is 28.9 Å². The summed E-state index contributed by atoms with van der Waals surface area (Å²) in [4.78, 5) is 35.1. The van der Waals surface area contributed by atoms with Crippen molar-refractivity contribution in [2.45, 2.75) is 63.8 Å². The van der Waals surface area contributed by atoms with E-state index in [0.29, 0.717) is 34.9 Å². The second-order valence-corrected chi connectivity index (χ2v) is 11.9. The van der Waals surface area contributed by atoms with Crippen molar-refractivity contribution in [3.63, 3.8) is 0 Å². The monoisotopic (exact) mass is 648 g/mol. The molecule has 0 fully saturated rings. The van der Waals surface area contributed by atoms with E-state index in [2.05, 4.69) is 20.9 Å². The van der Waals surface area contributed by atoms with Gasteiger partial charge in [-0.15, -0.1) is 0 Å². The first-order chi connectivity index (χ1) is 22.1. The Morgan fingerprint density at radius 1 is 1.11 bits per heavy atom. The second kappa shape index (κ2) is 15.6. The third-order valence-corrected chi connectivity index (χ3v) is 7.34. The molecule has 46 heavy (non-hydrogen) atoms. The predicted molar refractivity (Wildman–Crippen MR) is 173 cm³/mol.